The van der Waals surface area contributed by atoms with Gasteiger partial charge in [-0.05, 0) is 57.2 Å². The average Bonchev–Trinajstić information content (AvgIpc) is 3.01. The Balaban J connectivity index is 1.95. The fourth-order valence-corrected chi connectivity index (χ4v) is 3.73. The Kier molecular flexibility index (Phi) is 4.10. The molecular formula is C16H23N3O2. The van der Waals surface area contributed by atoms with Gasteiger partial charge in [-0.15, -0.1) is 0 Å². The average molecular weight is 289 g/mol. The summed E-state index contributed by atoms with van der Waals surface area (Å²) in [5.41, 5.74) is 2.13. The van der Waals surface area contributed by atoms with Gasteiger partial charge in [0.25, 0.3) is 5.69 Å². The Morgan fingerprint density at radius 3 is 2.86 bits per heavy atom. The molecule has 0 spiro atoms. The lowest BCUT2D eigenvalue weighted by atomic mass is 9.93. The number of rotatable bonds is 3. The molecule has 2 aliphatic heterocycles. The highest BCUT2D eigenvalue weighted by molar-refractivity contribution is 5.65. The van der Waals surface area contributed by atoms with Crippen LogP contribution in [-0.4, -0.2) is 30.1 Å². The maximum Gasteiger partial charge on any atom is 0.292 e. The molecule has 114 valence electrons. The highest BCUT2D eigenvalue weighted by atomic mass is 16.6. The van der Waals surface area contributed by atoms with Crippen molar-refractivity contribution in [3.8, 4) is 0 Å². The highest BCUT2D eigenvalue weighted by Gasteiger charge is 2.34. The standard InChI is InChI=1S/C16H23N3O2/c1-12-7-8-15(19(20)21)16(11-12)18-10-3-2-6-14(18)13-5-4-9-17-13/h7-8,11,13-14,17H,2-6,9-10H2,1H3. The third kappa shape index (κ3) is 2.88. The van der Waals surface area contributed by atoms with Crippen molar-refractivity contribution >= 4 is 11.4 Å². The number of benzene rings is 1. The molecule has 2 heterocycles. The molecule has 2 fully saturated rings. The van der Waals surface area contributed by atoms with Crippen LogP contribution in [0.1, 0.15) is 37.7 Å². The highest BCUT2D eigenvalue weighted by Crippen LogP contribution is 2.35. The minimum Gasteiger partial charge on any atom is -0.361 e. The summed E-state index contributed by atoms with van der Waals surface area (Å²) in [6.07, 6.45) is 5.86. The molecule has 21 heavy (non-hydrogen) atoms. The number of nitrogens with one attached hydrogen (secondary N) is 1. The van der Waals surface area contributed by atoms with Crippen LogP contribution in [0.4, 0.5) is 11.4 Å². The van der Waals surface area contributed by atoms with Gasteiger partial charge >= 0.3 is 0 Å². The predicted molar refractivity (Wildman–Crippen MR) is 83.8 cm³/mol. The van der Waals surface area contributed by atoms with E-state index in [4.69, 9.17) is 0 Å². The summed E-state index contributed by atoms with van der Waals surface area (Å²) in [7, 11) is 0. The molecule has 0 saturated carbocycles. The second-order valence-electron chi connectivity index (χ2n) is 6.21. The second-order valence-corrected chi connectivity index (χ2v) is 6.21. The molecule has 1 aromatic carbocycles. The summed E-state index contributed by atoms with van der Waals surface area (Å²) in [4.78, 5) is 13.4. The van der Waals surface area contributed by atoms with Crippen molar-refractivity contribution in [3.63, 3.8) is 0 Å². The van der Waals surface area contributed by atoms with Gasteiger partial charge < -0.3 is 10.2 Å². The molecule has 2 saturated heterocycles. The van der Waals surface area contributed by atoms with Crippen LogP contribution in [0.15, 0.2) is 18.2 Å². The zero-order valence-electron chi connectivity index (χ0n) is 12.5. The number of piperidine rings is 1. The summed E-state index contributed by atoms with van der Waals surface area (Å²) in [5.74, 6) is 0. The molecule has 5 nitrogen and oxygen atoms in total. The van der Waals surface area contributed by atoms with E-state index in [9.17, 15) is 10.1 Å². The fraction of sp³-hybridized carbons (Fsp3) is 0.625. The first-order valence-corrected chi connectivity index (χ1v) is 7.92. The maximum absolute atomic E-state index is 11.4. The summed E-state index contributed by atoms with van der Waals surface area (Å²) in [6.45, 7) is 4.00. The van der Waals surface area contributed by atoms with Crippen molar-refractivity contribution < 1.29 is 4.92 Å². The van der Waals surface area contributed by atoms with Gasteiger partial charge in [-0.3, -0.25) is 10.1 Å². The molecule has 0 bridgehead atoms. The molecule has 2 unspecified atom stereocenters. The monoisotopic (exact) mass is 289 g/mol. The molecule has 1 aromatic rings. The Morgan fingerprint density at radius 2 is 2.14 bits per heavy atom. The maximum atomic E-state index is 11.4. The number of nitro benzene ring substituents is 1. The largest absolute Gasteiger partial charge is 0.361 e. The van der Waals surface area contributed by atoms with Crippen molar-refractivity contribution in [2.75, 3.05) is 18.0 Å². The van der Waals surface area contributed by atoms with Crippen LogP contribution in [0.2, 0.25) is 0 Å². The number of nitro groups is 1. The van der Waals surface area contributed by atoms with E-state index in [1.54, 1.807) is 6.07 Å². The Hall–Kier alpha value is -1.62. The normalized spacial score (nSPS) is 26.0. The van der Waals surface area contributed by atoms with Crippen LogP contribution in [0, 0.1) is 17.0 Å². The second kappa shape index (κ2) is 6.02. The smallest absolute Gasteiger partial charge is 0.292 e. The van der Waals surface area contributed by atoms with Crippen molar-refractivity contribution in [3.05, 3.63) is 33.9 Å². The number of hydrogen-bond donors (Lipinski definition) is 1. The number of nitrogens with zero attached hydrogens (tertiary/aromatic N) is 2. The Morgan fingerprint density at radius 1 is 1.29 bits per heavy atom. The molecular weight excluding hydrogens is 266 g/mol. The first-order valence-electron chi connectivity index (χ1n) is 7.92. The van der Waals surface area contributed by atoms with Crippen LogP contribution in [-0.2, 0) is 0 Å². The van der Waals surface area contributed by atoms with E-state index in [-0.39, 0.29) is 10.6 Å². The number of aryl methyl sites for hydroxylation is 1. The van der Waals surface area contributed by atoms with Crippen LogP contribution >= 0.6 is 0 Å². The quantitative estimate of drug-likeness (QED) is 0.686. The lowest BCUT2D eigenvalue weighted by molar-refractivity contribution is -0.384. The molecule has 1 N–H and O–H groups in total. The van der Waals surface area contributed by atoms with Crippen LogP contribution in [0.25, 0.3) is 0 Å². The molecule has 3 rings (SSSR count). The van der Waals surface area contributed by atoms with E-state index in [0.717, 1.165) is 37.2 Å². The van der Waals surface area contributed by atoms with Crippen LogP contribution in [0.5, 0.6) is 0 Å². The molecule has 2 aliphatic rings. The lowest BCUT2D eigenvalue weighted by Gasteiger charge is -2.40. The van der Waals surface area contributed by atoms with Gasteiger partial charge in [-0.2, -0.15) is 0 Å². The van der Waals surface area contributed by atoms with E-state index < -0.39 is 0 Å². The first kappa shape index (κ1) is 14.3. The lowest BCUT2D eigenvalue weighted by Crippen LogP contribution is -2.50. The zero-order chi connectivity index (χ0) is 14.8. The van der Waals surface area contributed by atoms with Gasteiger partial charge in [0.2, 0.25) is 0 Å². The third-order valence-electron chi connectivity index (χ3n) is 4.75. The molecule has 0 aromatic heterocycles. The summed E-state index contributed by atoms with van der Waals surface area (Å²) in [5, 5.41) is 14.9. The van der Waals surface area contributed by atoms with Gasteiger partial charge in [0.05, 0.1) is 4.92 Å². The van der Waals surface area contributed by atoms with Crippen LogP contribution < -0.4 is 10.2 Å². The van der Waals surface area contributed by atoms with Crippen molar-refractivity contribution in [1.82, 2.24) is 5.32 Å². The van der Waals surface area contributed by atoms with E-state index in [1.807, 2.05) is 19.1 Å². The minimum atomic E-state index is -0.248. The van der Waals surface area contributed by atoms with Gasteiger partial charge in [-0.1, -0.05) is 6.07 Å². The molecule has 5 heteroatoms. The number of hydrogen-bond acceptors (Lipinski definition) is 4. The topological polar surface area (TPSA) is 58.4 Å². The van der Waals surface area contributed by atoms with Crippen molar-refractivity contribution in [2.24, 2.45) is 0 Å². The van der Waals surface area contributed by atoms with E-state index >= 15 is 0 Å². The summed E-state index contributed by atoms with van der Waals surface area (Å²) < 4.78 is 0. The van der Waals surface area contributed by atoms with Crippen molar-refractivity contribution in [1.29, 1.82) is 0 Å². The van der Waals surface area contributed by atoms with Gasteiger partial charge in [0.15, 0.2) is 0 Å². The van der Waals surface area contributed by atoms with E-state index in [1.165, 1.54) is 19.3 Å². The van der Waals surface area contributed by atoms with Crippen molar-refractivity contribution in [2.45, 2.75) is 51.1 Å². The van der Waals surface area contributed by atoms with E-state index in [0.29, 0.717) is 12.1 Å². The first-order chi connectivity index (χ1) is 10.2. The zero-order valence-corrected chi connectivity index (χ0v) is 12.5. The van der Waals surface area contributed by atoms with E-state index in [2.05, 4.69) is 10.2 Å². The Bertz CT molecular complexity index is 526. The third-order valence-corrected chi connectivity index (χ3v) is 4.75. The van der Waals surface area contributed by atoms with Crippen LogP contribution in [0.3, 0.4) is 0 Å². The predicted octanol–water partition coefficient (Wildman–Crippen LogP) is 3.01. The molecule has 0 amide bonds. The summed E-state index contributed by atoms with van der Waals surface area (Å²) in [6, 6.07) is 6.32. The van der Waals surface area contributed by atoms with Gasteiger partial charge in [0.1, 0.15) is 5.69 Å². The molecule has 0 radical (unpaired) electrons. The van der Waals surface area contributed by atoms with Gasteiger partial charge in [0, 0.05) is 24.7 Å². The van der Waals surface area contributed by atoms with Gasteiger partial charge in [-0.25, -0.2) is 0 Å². The minimum absolute atomic E-state index is 0.241. The number of anilines is 1. The summed E-state index contributed by atoms with van der Waals surface area (Å²) >= 11 is 0. The fourth-order valence-electron chi connectivity index (χ4n) is 3.73. The molecule has 2 atom stereocenters. The Labute approximate surface area is 125 Å². The molecule has 0 aliphatic carbocycles. The SMILES string of the molecule is Cc1ccc([N+](=O)[O-])c(N2CCCCC2C2CCCN2)c1.